The number of rotatable bonds is 10. The van der Waals surface area contributed by atoms with Gasteiger partial charge in [-0.05, 0) is 47.0 Å². The molecular formula is C27H28FN5O3. The van der Waals surface area contributed by atoms with Gasteiger partial charge in [0.25, 0.3) is 11.8 Å². The number of amides is 2. The minimum atomic E-state index is -1.40. The van der Waals surface area contributed by atoms with Gasteiger partial charge in [0.2, 0.25) is 0 Å². The van der Waals surface area contributed by atoms with E-state index in [1.807, 2.05) is 49.4 Å². The quantitative estimate of drug-likeness (QED) is 0.155. The Kier molecular flexibility index (Phi) is 7.60. The van der Waals surface area contributed by atoms with Crippen LogP contribution in [0, 0.1) is 5.82 Å². The van der Waals surface area contributed by atoms with E-state index in [1.54, 1.807) is 6.20 Å². The van der Waals surface area contributed by atoms with Gasteiger partial charge in [-0.3, -0.25) is 15.0 Å². The van der Waals surface area contributed by atoms with Gasteiger partial charge in [0.1, 0.15) is 17.6 Å². The first kappa shape index (κ1) is 24.9. The Hall–Kier alpha value is -4.24. The number of aromatic nitrogens is 2. The SMILES string of the molecule is CCC(Cc1cccc2ccccc12)(Oc1ccc(F)cc1)C(=O)N[C@@H](Cc1cnc[nH]1)C(=O)NN. The van der Waals surface area contributed by atoms with E-state index in [0.29, 0.717) is 11.4 Å². The molecule has 1 unspecified atom stereocenters. The molecule has 36 heavy (non-hydrogen) atoms. The Bertz CT molecular complexity index is 1320. The van der Waals surface area contributed by atoms with Gasteiger partial charge in [0, 0.05) is 24.7 Å². The van der Waals surface area contributed by atoms with Gasteiger partial charge in [-0.2, -0.15) is 0 Å². The second-order valence-corrected chi connectivity index (χ2v) is 8.53. The van der Waals surface area contributed by atoms with Crippen molar-refractivity contribution in [3.05, 3.63) is 96.3 Å². The zero-order valence-electron chi connectivity index (χ0n) is 19.8. The number of nitrogens with two attached hydrogens (primary N) is 1. The average molecular weight is 490 g/mol. The molecule has 8 nitrogen and oxygen atoms in total. The van der Waals surface area contributed by atoms with Crippen molar-refractivity contribution in [1.82, 2.24) is 20.7 Å². The summed E-state index contributed by atoms with van der Waals surface area (Å²) in [6.45, 7) is 1.83. The lowest BCUT2D eigenvalue weighted by Gasteiger charge is -2.34. The summed E-state index contributed by atoms with van der Waals surface area (Å²) in [6, 6.07) is 18.3. The summed E-state index contributed by atoms with van der Waals surface area (Å²) < 4.78 is 19.9. The first-order valence-corrected chi connectivity index (χ1v) is 11.6. The van der Waals surface area contributed by atoms with Crippen LogP contribution in [0.4, 0.5) is 4.39 Å². The molecule has 4 aromatic rings. The number of carbonyl (C=O) groups excluding carboxylic acids is 2. The number of halogens is 1. The van der Waals surface area contributed by atoms with Crippen LogP contribution in [-0.2, 0) is 22.4 Å². The Labute approximate surface area is 208 Å². The van der Waals surface area contributed by atoms with Crippen LogP contribution < -0.4 is 21.3 Å². The van der Waals surface area contributed by atoms with Crippen LogP contribution in [0.25, 0.3) is 10.8 Å². The van der Waals surface area contributed by atoms with Crippen LogP contribution >= 0.6 is 0 Å². The van der Waals surface area contributed by atoms with Gasteiger partial charge in [-0.1, -0.05) is 49.4 Å². The number of fused-ring (bicyclic) bond motifs is 1. The van der Waals surface area contributed by atoms with E-state index in [1.165, 1.54) is 30.6 Å². The lowest BCUT2D eigenvalue weighted by molar-refractivity contribution is -0.140. The van der Waals surface area contributed by atoms with Gasteiger partial charge in [0.05, 0.1) is 6.33 Å². The topological polar surface area (TPSA) is 122 Å². The lowest BCUT2D eigenvalue weighted by atomic mass is 9.87. The monoisotopic (exact) mass is 489 g/mol. The van der Waals surface area contributed by atoms with Gasteiger partial charge in [-0.25, -0.2) is 15.2 Å². The van der Waals surface area contributed by atoms with Crippen molar-refractivity contribution < 1.29 is 18.7 Å². The van der Waals surface area contributed by atoms with Crippen molar-refractivity contribution in [3.63, 3.8) is 0 Å². The normalized spacial score (nSPS) is 13.5. The van der Waals surface area contributed by atoms with Gasteiger partial charge < -0.3 is 15.0 Å². The Morgan fingerprint density at radius 3 is 2.56 bits per heavy atom. The number of nitrogens with zero attached hydrogens (tertiary/aromatic N) is 1. The summed E-state index contributed by atoms with van der Waals surface area (Å²) >= 11 is 0. The smallest absolute Gasteiger partial charge is 0.265 e. The van der Waals surface area contributed by atoms with E-state index in [0.717, 1.165) is 16.3 Å². The zero-order valence-corrected chi connectivity index (χ0v) is 19.8. The van der Waals surface area contributed by atoms with Crippen molar-refractivity contribution in [1.29, 1.82) is 0 Å². The summed E-state index contributed by atoms with van der Waals surface area (Å²) in [5, 5.41) is 4.84. The molecule has 0 saturated carbocycles. The largest absolute Gasteiger partial charge is 0.477 e. The van der Waals surface area contributed by atoms with E-state index in [9.17, 15) is 14.0 Å². The van der Waals surface area contributed by atoms with E-state index < -0.39 is 29.3 Å². The Morgan fingerprint density at radius 1 is 1.11 bits per heavy atom. The fraction of sp³-hybridized carbons (Fsp3) is 0.222. The molecule has 5 N–H and O–H groups in total. The van der Waals surface area contributed by atoms with E-state index in [2.05, 4.69) is 20.7 Å². The van der Waals surface area contributed by atoms with Crippen LogP contribution in [-0.4, -0.2) is 33.4 Å². The number of nitrogens with one attached hydrogen (secondary N) is 3. The highest BCUT2D eigenvalue weighted by molar-refractivity contribution is 5.93. The summed E-state index contributed by atoms with van der Waals surface area (Å²) in [6.07, 6.45) is 3.71. The maximum atomic E-state index is 13.9. The first-order chi connectivity index (χ1) is 17.4. The highest BCUT2D eigenvalue weighted by Gasteiger charge is 2.41. The predicted molar refractivity (Wildman–Crippen MR) is 134 cm³/mol. The minimum Gasteiger partial charge on any atom is -0.477 e. The third kappa shape index (κ3) is 5.52. The van der Waals surface area contributed by atoms with Crippen molar-refractivity contribution in [2.45, 2.75) is 37.8 Å². The number of hydrogen-bond donors (Lipinski definition) is 4. The minimum absolute atomic E-state index is 0.152. The molecule has 0 aliphatic heterocycles. The molecule has 1 aromatic heterocycles. The number of aromatic amines is 1. The molecule has 0 spiro atoms. The maximum Gasteiger partial charge on any atom is 0.265 e. The van der Waals surface area contributed by atoms with Gasteiger partial charge in [-0.15, -0.1) is 0 Å². The summed E-state index contributed by atoms with van der Waals surface area (Å²) in [4.78, 5) is 33.4. The lowest BCUT2D eigenvalue weighted by Crippen LogP contribution is -2.59. The van der Waals surface area contributed by atoms with Crippen LogP contribution in [0.3, 0.4) is 0 Å². The second-order valence-electron chi connectivity index (χ2n) is 8.53. The highest BCUT2D eigenvalue weighted by Crippen LogP contribution is 2.30. The van der Waals surface area contributed by atoms with Crippen molar-refractivity contribution >= 4 is 22.6 Å². The number of hydrazine groups is 1. The zero-order chi connectivity index (χ0) is 25.5. The average Bonchev–Trinajstić information content (AvgIpc) is 3.42. The molecule has 0 saturated heterocycles. The number of ether oxygens (including phenoxy) is 1. The summed E-state index contributed by atoms with van der Waals surface area (Å²) in [7, 11) is 0. The van der Waals surface area contributed by atoms with Crippen LogP contribution in [0.5, 0.6) is 5.75 Å². The highest BCUT2D eigenvalue weighted by atomic mass is 19.1. The van der Waals surface area contributed by atoms with Crippen LogP contribution in [0.1, 0.15) is 24.6 Å². The number of benzene rings is 3. The molecule has 9 heteroatoms. The number of imidazole rings is 1. The second kappa shape index (κ2) is 11.0. The molecule has 4 rings (SSSR count). The molecule has 2 amide bonds. The number of carbonyl (C=O) groups is 2. The molecule has 0 bridgehead atoms. The van der Waals surface area contributed by atoms with Gasteiger partial charge >= 0.3 is 0 Å². The predicted octanol–water partition coefficient (Wildman–Crippen LogP) is 3.19. The molecule has 2 atom stereocenters. The Balaban J connectivity index is 1.71. The Morgan fingerprint density at radius 2 is 1.86 bits per heavy atom. The standard InChI is InChI=1S/C27H28FN5O3/c1-2-27(36-22-12-10-20(28)11-13-22,15-19-8-5-7-18-6-3-4-9-23(18)19)26(35)32-24(25(34)33-29)14-21-16-30-17-31-21/h3-13,16-17,24H,2,14-15,29H2,1H3,(H,30,31)(H,32,35)(H,33,34)/t24-,27?/m0/s1. The van der Waals surface area contributed by atoms with E-state index in [-0.39, 0.29) is 19.3 Å². The van der Waals surface area contributed by atoms with E-state index >= 15 is 0 Å². The van der Waals surface area contributed by atoms with Crippen LogP contribution in [0.15, 0.2) is 79.3 Å². The molecular weight excluding hydrogens is 461 g/mol. The molecule has 0 fully saturated rings. The van der Waals surface area contributed by atoms with Crippen molar-refractivity contribution in [3.8, 4) is 5.75 Å². The molecule has 0 aliphatic rings. The van der Waals surface area contributed by atoms with Crippen LogP contribution in [0.2, 0.25) is 0 Å². The molecule has 186 valence electrons. The number of hydrogen-bond acceptors (Lipinski definition) is 5. The maximum absolute atomic E-state index is 13.9. The number of H-pyrrole nitrogens is 1. The summed E-state index contributed by atoms with van der Waals surface area (Å²) in [5.41, 5.74) is 2.27. The van der Waals surface area contributed by atoms with Crippen molar-refractivity contribution in [2.75, 3.05) is 0 Å². The van der Waals surface area contributed by atoms with Gasteiger partial charge in [0.15, 0.2) is 5.60 Å². The third-order valence-electron chi connectivity index (χ3n) is 6.21. The fourth-order valence-corrected chi connectivity index (χ4v) is 4.22. The third-order valence-corrected chi connectivity index (χ3v) is 6.21. The first-order valence-electron chi connectivity index (χ1n) is 11.6. The van der Waals surface area contributed by atoms with Crippen molar-refractivity contribution in [2.24, 2.45) is 5.84 Å². The molecule has 0 aliphatic carbocycles. The van der Waals surface area contributed by atoms with E-state index in [4.69, 9.17) is 10.6 Å². The molecule has 1 heterocycles. The molecule has 3 aromatic carbocycles. The fourth-order valence-electron chi connectivity index (χ4n) is 4.22. The summed E-state index contributed by atoms with van der Waals surface area (Å²) in [5.74, 6) is 4.27. The molecule has 0 radical (unpaired) electrons.